The molecule has 11 heteroatoms. The Bertz CT molecular complexity index is 1860. The van der Waals surface area contributed by atoms with E-state index in [1.807, 2.05) is 18.2 Å². The van der Waals surface area contributed by atoms with Crippen LogP contribution < -0.4 is 5.32 Å². The van der Waals surface area contributed by atoms with Crippen molar-refractivity contribution in [1.29, 1.82) is 0 Å². The van der Waals surface area contributed by atoms with Crippen molar-refractivity contribution in [2.24, 2.45) is 0 Å². The van der Waals surface area contributed by atoms with Gasteiger partial charge in [0.1, 0.15) is 24.4 Å². The van der Waals surface area contributed by atoms with Crippen molar-refractivity contribution in [3.8, 4) is 0 Å². The van der Waals surface area contributed by atoms with Crippen molar-refractivity contribution in [3.05, 3.63) is 134 Å². The normalized spacial score (nSPS) is 19.4. The summed E-state index contributed by atoms with van der Waals surface area (Å²) < 4.78 is 17.6. The number of allylic oxidation sites excluding steroid dienone is 21. The molecule has 472 valence electrons. The van der Waals surface area contributed by atoms with Crippen molar-refractivity contribution in [1.82, 2.24) is 5.32 Å². The van der Waals surface area contributed by atoms with Crippen molar-refractivity contribution in [2.75, 3.05) is 13.2 Å². The molecule has 1 rings (SSSR count). The summed E-state index contributed by atoms with van der Waals surface area (Å²) in [7, 11) is 0. The molecule has 8 unspecified atom stereocenters. The van der Waals surface area contributed by atoms with Crippen molar-refractivity contribution >= 4 is 11.9 Å². The molecule has 0 aromatic heterocycles. The van der Waals surface area contributed by atoms with Gasteiger partial charge in [0, 0.05) is 6.42 Å². The maximum atomic E-state index is 13.4. The third-order valence-electron chi connectivity index (χ3n) is 14.5. The van der Waals surface area contributed by atoms with Crippen LogP contribution in [-0.2, 0) is 23.8 Å². The number of hydrogen-bond donors (Lipinski definition) is 6. The van der Waals surface area contributed by atoms with E-state index in [2.05, 4.69) is 135 Å². The predicted octanol–water partition coefficient (Wildman–Crippen LogP) is 16.4. The Labute approximate surface area is 505 Å². The molecule has 6 N–H and O–H groups in total. The number of esters is 1. The molecule has 0 aromatic rings. The van der Waals surface area contributed by atoms with E-state index in [9.17, 15) is 35.1 Å². The average Bonchev–Trinajstić information content (AvgIpc) is 3.58. The Morgan fingerprint density at radius 2 is 0.867 bits per heavy atom. The van der Waals surface area contributed by atoms with Gasteiger partial charge in [0.05, 0.1) is 25.4 Å². The molecule has 0 bridgehead atoms. The quantitative estimate of drug-likeness (QED) is 0.0195. The summed E-state index contributed by atoms with van der Waals surface area (Å²) in [5.41, 5.74) is 0. The van der Waals surface area contributed by atoms with E-state index in [0.717, 1.165) is 128 Å². The minimum absolute atomic E-state index is 0.0915. The lowest BCUT2D eigenvalue weighted by Gasteiger charge is -2.41. The van der Waals surface area contributed by atoms with Gasteiger partial charge in [-0.2, -0.15) is 0 Å². The molecule has 1 aliphatic rings. The van der Waals surface area contributed by atoms with Crippen molar-refractivity contribution in [3.63, 3.8) is 0 Å². The third-order valence-corrected chi connectivity index (χ3v) is 14.5. The Morgan fingerprint density at radius 1 is 0.482 bits per heavy atom. The van der Waals surface area contributed by atoms with Crippen LogP contribution >= 0.6 is 0 Å². The van der Waals surface area contributed by atoms with Crippen LogP contribution in [0.4, 0.5) is 0 Å². The Hall–Kier alpha value is -4.20. The fourth-order valence-corrected chi connectivity index (χ4v) is 9.35. The van der Waals surface area contributed by atoms with Gasteiger partial charge in [0.15, 0.2) is 12.4 Å². The highest BCUT2D eigenvalue weighted by Gasteiger charge is 2.47. The standard InChI is InChI=1S/C72H119NO10/c1-4-7-10-13-16-19-22-25-27-29-30-31-32-33-34-35-36-37-39-42-45-48-51-54-57-60-67(77)83-70-69(79)68(78)66(61-74)82-72(70)81-62-63(64(75)58-55-52-49-46-43-40-24-21-18-15-12-9-6-3)73-71(80)65(76)59-56-53-50-47-44-41-38-28-26-23-20-17-14-11-8-5-2/h7,10,16-17,19-20,25-28,30-31,33-34,36-37,41,44,50,53,55,58,63-66,68-70,72,74-76,78-79H,4-6,8-9,11-15,18,21-24,29,32,35,38-40,42-43,45-49,51-52,54,56-57,59-62H2,1-3H3,(H,73,80)/b10-7-,19-16-,20-17-,27-25-,28-26-,31-30-,34-33-,37-36-,44-41-,53-50-,58-55+. The van der Waals surface area contributed by atoms with E-state index in [1.54, 1.807) is 6.08 Å². The summed E-state index contributed by atoms with van der Waals surface area (Å²) in [6.07, 6.45) is 72.0. The van der Waals surface area contributed by atoms with E-state index >= 15 is 0 Å². The summed E-state index contributed by atoms with van der Waals surface area (Å²) in [6.45, 7) is 5.60. The highest BCUT2D eigenvalue weighted by atomic mass is 16.7. The minimum atomic E-state index is -1.64. The van der Waals surface area contributed by atoms with Crippen LogP contribution in [0.25, 0.3) is 0 Å². The van der Waals surface area contributed by atoms with Crippen LogP contribution in [0.15, 0.2) is 134 Å². The molecule has 8 atom stereocenters. The van der Waals surface area contributed by atoms with Gasteiger partial charge in [-0.1, -0.05) is 257 Å². The Balaban J connectivity index is 2.68. The van der Waals surface area contributed by atoms with E-state index in [0.29, 0.717) is 12.8 Å². The van der Waals surface area contributed by atoms with Crippen LogP contribution in [0, 0.1) is 0 Å². The second kappa shape index (κ2) is 58.2. The monoisotopic (exact) mass is 1160 g/mol. The van der Waals surface area contributed by atoms with Gasteiger partial charge in [0.2, 0.25) is 5.91 Å². The number of carbonyl (C=O) groups excluding carboxylic acids is 2. The van der Waals surface area contributed by atoms with Gasteiger partial charge < -0.3 is 45.1 Å². The first-order chi connectivity index (χ1) is 40.7. The molecule has 1 amide bonds. The number of unbranched alkanes of at least 4 members (excludes halogenated alkanes) is 20. The highest BCUT2D eigenvalue weighted by molar-refractivity contribution is 5.80. The van der Waals surface area contributed by atoms with Gasteiger partial charge in [0.25, 0.3) is 0 Å². The number of carbonyl (C=O) groups is 2. The van der Waals surface area contributed by atoms with Crippen LogP contribution in [0.3, 0.4) is 0 Å². The molecule has 0 aromatic carbocycles. The van der Waals surface area contributed by atoms with Gasteiger partial charge >= 0.3 is 5.97 Å². The molecule has 1 fully saturated rings. The third kappa shape index (κ3) is 45.8. The molecule has 0 aliphatic carbocycles. The fraction of sp³-hybridized carbons (Fsp3) is 0.667. The van der Waals surface area contributed by atoms with Gasteiger partial charge in [-0.15, -0.1) is 0 Å². The molecule has 0 spiro atoms. The lowest BCUT2D eigenvalue weighted by atomic mass is 9.99. The molecule has 1 aliphatic heterocycles. The second-order valence-electron chi connectivity index (χ2n) is 22.1. The first-order valence-electron chi connectivity index (χ1n) is 33.0. The number of rotatable bonds is 54. The molecular formula is C72H119NO10. The minimum Gasteiger partial charge on any atom is -0.454 e. The smallest absolute Gasteiger partial charge is 0.306 e. The van der Waals surface area contributed by atoms with Crippen LogP contribution in [0.2, 0.25) is 0 Å². The van der Waals surface area contributed by atoms with E-state index < -0.39 is 67.4 Å². The largest absolute Gasteiger partial charge is 0.454 e. The zero-order valence-electron chi connectivity index (χ0n) is 52.3. The predicted molar refractivity (Wildman–Crippen MR) is 347 cm³/mol. The summed E-state index contributed by atoms with van der Waals surface area (Å²) in [5, 5.41) is 57.0. The zero-order chi connectivity index (χ0) is 60.3. The van der Waals surface area contributed by atoms with Crippen molar-refractivity contribution in [2.45, 2.75) is 294 Å². The van der Waals surface area contributed by atoms with E-state index in [-0.39, 0.29) is 19.4 Å². The molecule has 0 saturated carbocycles. The fourth-order valence-electron chi connectivity index (χ4n) is 9.35. The first kappa shape index (κ1) is 76.8. The summed E-state index contributed by atoms with van der Waals surface area (Å²) in [5.74, 6) is -1.28. The maximum Gasteiger partial charge on any atom is 0.306 e. The average molecular weight is 1160 g/mol. The molecule has 1 saturated heterocycles. The molecule has 83 heavy (non-hydrogen) atoms. The number of aliphatic hydroxyl groups is 5. The topological polar surface area (TPSA) is 175 Å². The summed E-state index contributed by atoms with van der Waals surface area (Å²) >= 11 is 0. The van der Waals surface area contributed by atoms with Gasteiger partial charge in [-0.05, 0) is 116 Å². The summed E-state index contributed by atoms with van der Waals surface area (Å²) in [6, 6.07) is -1.07. The Kier molecular flexibility index (Phi) is 53.9. The highest BCUT2D eigenvalue weighted by Crippen LogP contribution is 2.26. The second-order valence-corrected chi connectivity index (χ2v) is 22.1. The lowest BCUT2D eigenvalue weighted by Crippen LogP contribution is -2.61. The van der Waals surface area contributed by atoms with Crippen LogP contribution in [-0.4, -0.2) is 99.6 Å². The maximum absolute atomic E-state index is 13.4. The van der Waals surface area contributed by atoms with Gasteiger partial charge in [-0.3, -0.25) is 9.59 Å². The summed E-state index contributed by atoms with van der Waals surface area (Å²) in [4.78, 5) is 26.6. The Morgan fingerprint density at radius 3 is 1.33 bits per heavy atom. The number of amides is 1. The van der Waals surface area contributed by atoms with Gasteiger partial charge in [-0.25, -0.2) is 0 Å². The lowest BCUT2D eigenvalue weighted by molar-refractivity contribution is -0.305. The van der Waals surface area contributed by atoms with Crippen LogP contribution in [0.5, 0.6) is 0 Å². The molecule has 0 radical (unpaired) electrons. The van der Waals surface area contributed by atoms with Crippen LogP contribution in [0.1, 0.15) is 245 Å². The van der Waals surface area contributed by atoms with E-state index in [4.69, 9.17) is 14.2 Å². The first-order valence-corrected chi connectivity index (χ1v) is 33.0. The number of aliphatic hydroxyl groups excluding tert-OH is 5. The number of ether oxygens (including phenoxy) is 3. The van der Waals surface area contributed by atoms with Crippen molar-refractivity contribution < 1.29 is 49.3 Å². The number of hydrogen-bond acceptors (Lipinski definition) is 10. The number of nitrogens with one attached hydrogen (secondary N) is 1. The molecule has 11 nitrogen and oxygen atoms in total. The SMILES string of the molecule is CC/C=C\C/C=C\C/C=C\C/C=C\C/C=C\C/C=C\CCCCCCCCC(=O)OC1C(OCC(NC(=O)C(O)CC/C=C\C/C=C\C/C=C\C/C=C\CCCCC)C(O)/C=C/CCCCCCCCCCCCC)OC(CO)C(O)C1O. The molecule has 1 heterocycles. The molecular weight excluding hydrogens is 1040 g/mol. The zero-order valence-corrected chi connectivity index (χ0v) is 52.3. The van der Waals surface area contributed by atoms with E-state index in [1.165, 1.54) is 70.6 Å².